The number of aliphatic imine (C=N–C) groups is 1. The van der Waals surface area contributed by atoms with Gasteiger partial charge in [-0.25, -0.2) is 0 Å². The number of benzene rings is 1. The van der Waals surface area contributed by atoms with E-state index in [0.29, 0.717) is 11.3 Å². The minimum absolute atomic E-state index is 0.227. The molecule has 8 heteroatoms. The van der Waals surface area contributed by atoms with Crippen molar-refractivity contribution in [1.82, 2.24) is 0 Å². The van der Waals surface area contributed by atoms with E-state index in [1.807, 2.05) is 13.8 Å². The predicted molar refractivity (Wildman–Crippen MR) is 69.2 cm³/mol. The third-order valence-electron chi connectivity index (χ3n) is 3.38. The SMILES string of the molecule is CC1=Nc2c(S(=O)[O-])cc(S(=O)(=O)O)cc2C1(C)C. The predicted octanol–water partition coefficient (Wildman–Crippen LogP) is 1.55. The summed E-state index contributed by atoms with van der Waals surface area (Å²) in [4.78, 5) is 3.53. The number of nitrogens with zero attached hydrogens (tertiary/aromatic N) is 1. The molecule has 1 atom stereocenters. The molecular formula is C11H12NO5S2-. The summed E-state index contributed by atoms with van der Waals surface area (Å²) in [6.45, 7) is 5.36. The van der Waals surface area contributed by atoms with Crippen LogP contribution in [0.15, 0.2) is 26.9 Å². The van der Waals surface area contributed by atoms with Crippen LogP contribution in [0.25, 0.3) is 0 Å². The van der Waals surface area contributed by atoms with Gasteiger partial charge >= 0.3 is 0 Å². The Morgan fingerprint density at radius 1 is 1.37 bits per heavy atom. The van der Waals surface area contributed by atoms with Gasteiger partial charge in [-0.15, -0.1) is 0 Å². The highest BCUT2D eigenvalue weighted by atomic mass is 32.2. The molecule has 1 aliphatic rings. The normalized spacial score (nSPS) is 18.9. The van der Waals surface area contributed by atoms with Gasteiger partial charge < -0.3 is 4.55 Å². The highest BCUT2D eigenvalue weighted by Gasteiger charge is 2.35. The molecule has 6 nitrogen and oxygen atoms in total. The van der Waals surface area contributed by atoms with Crippen molar-refractivity contribution >= 4 is 32.6 Å². The van der Waals surface area contributed by atoms with Crippen molar-refractivity contribution in [2.24, 2.45) is 4.99 Å². The van der Waals surface area contributed by atoms with Crippen molar-refractivity contribution in [3.63, 3.8) is 0 Å². The highest BCUT2D eigenvalue weighted by molar-refractivity contribution is 7.86. The zero-order valence-electron chi connectivity index (χ0n) is 10.5. The molecule has 1 unspecified atom stereocenters. The van der Waals surface area contributed by atoms with E-state index in [4.69, 9.17) is 4.55 Å². The van der Waals surface area contributed by atoms with E-state index in [1.54, 1.807) is 6.92 Å². The van der Waals surface area contributed by atoms with E-state index < -0.39 is 31.5 Å². The lowest BCUT2D eigenvalue weighted by molar-refractivity contribution is 0.482. The van der Waals surface area contributed by atoms with E-state index in [-0.39, 0.29) is 10.6 Å². The monoisotopic (exact) mass is 302 g/mol. The molecule has 1 aromatic carbocycles. The van der Waals surface area contributed by atoms with Gasteiger partial charge in [-0.3, -0.25) is 13.8 Å². The molecule has 1 aliphatic heterocycles. The fourth-order valence-electron chi connectivity index (χ4n) is 1.95. The third-order valence-corrected chi connectivity index (χ3v) is 4.88. The number of hydrogen-bond donors (Lipinski definition) is 1. The molecule has 1 heterocycles. The Morgan fingerprint density at radius 3 is 2.42 bits per heavy atom. The van der Waals surface area contributed by atoms with Gasteiger partial charge in [0, 0.05) is 11.1 Å². The highest BCUT2D eigenvalue weighted by Crippen LogP contribution is 2.44. The maximum absolute atomic E-state index is 11.2. The quantitative estimate of drug-likeness (QED) is 0.659. The first-order valence-corrected chi connectivity index (χ1v) is 7.87. The van der Waals surface area contributed by atoms with Crippen LogP contribution in [-0.2, 0) is 26.6 Å². The molecule has 0 spiro atoms. The molecule has 19 heavy (non-hydrogen) atoms. The summed E-state index contributed by atoms with van der Waals surface area (Å²) < 4.78 is 54.0. The van der Waals surface area contributed by atoms with E-state index in [1.165, 1.54) is 6.07 Å². The molecule has 0 aromatic heterocycles. The van der Waals surface area contributed by atoms with E-state index in [2.05, 4.69) is 4.99 Å². The third kappa shape index (κ3) is 2.25. The van der Waals surface area contributed by atoms with Crippen molar-refractivity contribution in [1.29, 1.82) is 0 Å². The van der Waals surface area contributed by atoms with Crippen LogP contribution >= 0.6 is 0 Å². The Bertz CT molecular complexity index is 719. The van der Waals surface area contributed by atoms with Crippen LogP contribution in [0, 0.1) is 0 Å². The van der Waals surface area contributed by atoms with Crippen molar-refractivity contribution in [3.8, 4) is 0 Å². The Balaban J connectivity index is 2.86. The smallest absolute Gasteiger partial charge is 0.294 e. The first kappa shape index (κ1) is 14.3. The summed E-state index contributed by atoms with van der Waals surface area (Å²) in [6.07, 6.45) is 0. The summed E-state index contributed by atoms with van der Waals surface area (Å²) in [5.41, 5.74) is 0.814. The fourth-order valence-corrected chi connectivity index (χ4v) is 3.10. The lowest BCUT2D eigenvalue weighted by Gasteiger charge is -2.21. The molecule has 0 bridgehead atoms. The summed E-state index contributed by atoms with van der Waals surface area (Å²) in [7, 11) is -4.47. The van der Waals surface area contributed by atoms with Crippen molar-refractivity contribution in [2.45, 2.75) is 36.0 Å². The Labute approximate surface area is 113 Å². The van der Waals surface area contributed by atoms with Gasteiger partial charge in [0.1, 0.15) is 0 Å². The maximum Gasteiger partial charge on any atom is 0.294 e. The fraction of sp³-hybridized carbons (Fsp3) is 0.364. The molecule has 0 aliphatic carbocycles. The second kappa shape index (κ2) is 4.20. The van der Waals surface area contributed by atoms with Gasteiger partial charge in [-0.1, -0.05) is 13.8 Å². The number of rotatable bonds is 2. The largest absolute Gasteiger partial charge is 0.768 e. The second-order valence-corrected chi connectivity index (χ2v) is 7.18. The number of hydrogen-bond acceptors (Lipinski definition) is 5. The van der Waals surface area contributed by atoms with Crippen LogP contribution in [0.1, 0.15) is 26.3 Å². The minimum atomic E-state index is -4.47. The summed E-state index contributed by atoms with van der Waals surface area (Å²) >= 11 is -2.64. The molecule has 2 rings (SSSR count). The minimum Gasteiger partial charge on any atom is -0.768 e. The Morgan fingerprint density at radius 2 is 1.95 bits per heavy atom. The van der Waals surface area contributed by atoms with E-state index in [0.717, 1.165) is 6.07 Å². The summed E-state index contributed by atoms with van der Waals surface area (Å²) in [6, 6.07) is 2.18. The van der Waals surface area contributed by atoms with Crippen LogP contribution in [0.5, 0.6) is 0 Å². The zero-order valence-corrected chi connectivity index (χ0v) is 12.1. The first-order chi connectivity index (χ1) is 8.55. The number of fused-ring (bicyclic) bond motifs is 1. The van der Waals surface area contributed by atoms with Gasteiger partial charge in [0.25, 0.3) is 10.1 Å². The van der Waals surface area contributed by atoms with Gasteiger partial charge in [0.05, 0.1) is 15.5 Å². The molecule has 0 fully saturated rings. The van der Waals surface area contributed by atoms with Crippen LogP contribution in [0.4, 0.5) is 5.69 Å². The second-order valence-electron chi connectivity index (χ2n) is 4.85. The molecule has 1 N–H and O–H groups in total. The maximum atomic E-state index is 11.2. The standard InChI is InChI=1S/C11H13NO5S2/c1-6-11(2,3)8-4-7(19(15,16)17)5-9(18(13)14)10(8)12-6/h4-5H,1-3H3,(H,13,14)(H,15,16,17)/p-1. The lowest BCUT2D eigenvalue weighted by atomic mass is 9.82. The van der Waals surface area contributed by atoms with Crippen LogP contribution in [0.3, 0.4) is 0 Å². The van der Waals surface area contributed by atoms with Crippen LogP contribution in [0.2, 0.25) is 0 Å². The molecule has 0 saturated heterocycles. The van der Waals surface area contributed by atoms with Gasteiger partial charge in [-0.05, 0) is 35.7 Å². The molecule has 0 radical (unpaired) electrons. The summed E-state index contributed by atoms with van der Waals surface area (Å²) in [5.74, 6) is 0. The van der Waals surface area contributed by atoms with Crippen LogP contribution in [-0.4, -0.2) is 27.4 Å². The summed E-state index contributed by atoms with van der Waals surface area (Å²) in [5, 5.41) is 0. The zero-order chi connectivity index (χ0) is 14.6. The average molecular weight is 302 g/mol. The topological polar surface area (TPSA) is 107 Å². The Hall–Kier alpha value is -1.09. The van der Waals surface area contributed by atoms with Crippen molar-refractivity contribution < 1.29 is 21.7 Å². The van der Waals surface area contributed by atoms with Gasteiger partial charge in [-0.2, -0.15) is 8.42 Å². The van der Waals surface area contributed by atoms with Crippen molar-refractivity contribution in [3.05, 3.63) is 17.7 Å². The molecule has 104 valence electrons. The van der Waals surface area contributed by atoms with E-state index >= 15 is 0 Å². The van der Waals surface area contributed by atoms with Crippen molar-refractivity contribution in [2.75, 3.05) is 0 Å². The van der Waals surface area contributed by atoms with Crippen LogP contribution < -0.4 is 0 Å². The lowest BCUT2D eigenvalue weighted by Crippen LogP contribution is -2.23. The molecular weight excluding hydrogens is 290 g/mol. The van der Waals surface area contributed by atoms with Gasteiger partial charge in [0.15, 0.2) is 0 Å². The first-order valence-electron chi connectivity index (χ1n) is 5.36. The Kier molecular flexibility index (Phi) is 3.17. The molecule has 1 aromatic rings. The van der Waals surface area contributed by atoms with Gasteiger partial charge in [0.2, 0.25) is 0 Å². The molecule has 0 saturated carbocycles. The average Bonchev–Trinajstić information content (AvgIpc) is 2.48. The van der Waals surface area contributed by atoms with E-state index in [9.17, 15) is 17.2 Å². The molecule has 0 amide bonds.